The Morgan fingerprint density at radius 3 is 2.86 bits per heavy atom. The van der Waals surface area contributed by atoms with Gasteiger partial charge in [0, 0.05) is 36.0 Å². The zero-order valence-electron chi connectivity index (χ0n) is 15.5. The molecule has 1 aromatic carbocycles. The highest BCUT2D eigenvalue weighted by molar-refractivity contribution is 7.13. The number of thiazole rings is 1. The molecule has 0 unspecified atom stereocenters. The lowest BCUT2D eigenvalue weighted by Gasteiger charge is -2.09. The van der Waals surface area contributed by atoms with Crippen LogP contribution in [0.3, 0.4) is 0 Å². The topological polar surface area (TPSA) is 99.3 Å². The Morgan fingerprint density at radius 2 is 2.18 bits per heavy atom. The smallest absolute Gasteiger partial charge is 0.393 e. The van der Waals surface area contributed by atoms with Gasteiger partial charge in [0.05, 0.1) is 11.5 Å². The summed E-state index contributed by atoms with van der Waals surface area (Å²) in [5.41, 5.74) is 1.79. The van der Waals surface area contributed by atoms with Gasteiger partial charge in [-0.15, -0.1) is 11.3 Å². The van der Waals surface area contributed by atoms with Crippen LogP contribution < -0.4 is 10.1 Å². The Bertz CT molecular complexity index is 966. The summed E-state index contributed by atoms with van der Waals surface area (Å²) in [5, 5.41) is 15.8. The van der Waals surface area contributed by atoms with Crippen molar-refractivity contribution < 1.29 is 14.5 Å². The molecule has 2 aromatic heterocycles. The van der Waals surface area contributed by atoms with Crippen LogP contribution in [0, 0.1) is 16.0 Å². The number of nitro groups is 1. The number of carbonyl (C=O) groups is 1. The molecule has 0 radical (unpaired) electrons. The van der Waals surface area contributed by atoms with Crippen molar-refractivity contribution >= 4 is 28.2 Å². The van der Waals surface area contributed by atoms with Crippen molar-refractivity contribution in [2.24, 2.45) is 5.92 Å². The molecule has 9 heteroatoms. The van der Waals surface area contributed by atoms with Gasteiger partial charge >= 0.3 is 6.09 Å². The molecule has 0 aliphatic carbocycles. The molecular formula is C19H20N4O4S. The van der Waals surface area contributed by atoms with Gasteiger partial charge in [0.15, 0.2) is 5.13 Å². The lowest BCUT2D eigenvalue weighted by Crippen LogP contribution is -2.18. The molecule has 28 heavy (non-hydrogen) atoms. The van der Waals surface area contributed by atoms with Crippen LogP contribution in [0.4, 0.5) is 15.6 Å². The number of anilines is 1. The largest absolute Gasteiger partial charge is 0.420 e. The van der Waals surface area contributed by atoms with Gasteiger partial charge in [0.1, 0.15) is 0 Å². The number of hydrogen-bond donors (Lipinski definition) is 1. The maximum Gasteiger partial charge on any atom is 0.420 e. The van der Waals surface area contributed by atoms with E-state index in [9.17, 15) is 14.9 Å². The van der Waals surface area contributed by atoms with Crippen LogP contribution in [0.25, 0.3) is 0 Å². The standard InChI is InChI=1S/C19H20N4O4S/c1-13(2)8-15-10-17(27-19(24)21-18-20-6-7-28-18)22(12-15)11-14-4-3-5-16(9-14)23(25)26/h3-7,9-10,12-13H,8,11H2,1-2H3,(H,20,21,24). The van der Waals surface area contributed by atoms with E-state index < -0.39 is 11.0 Å². The van der Waals surface area contributed by atoms with Gasteiger partial charge in [-0.1, -0.05) is 26.0 Å². The molecular weight excluding hydrogens is 380 g/mol. The number of carbonyl (C=O) groups excluding carboxylic acids is 1. The zero-order chi connectivity index (χ0) is 20.1. The average Bonchev–Trinajstić information content (AvgIpc) is 3.25. The molecule has 8 nitrogen and oxygen atoms in total. The number of non-ortho nitro benzene ring substituents is 1. The first-order chi connectivity index (χ1) is 13.4. The maximum atomic E-state index is 12.2. The molecule has 2 heterocycles. The number of nitro benzene ring substituents is 1. The quantitative estimate of drug-likeness (QED) is 0.457. The number of benzene rings is 1. The summed E-state index contributed by atoms with van der Waals surface area (Å²) in [6.07, 6.45) is 3.69. The van der Waals surface area contributed by atoms with Crippen LogP contribution in [0.15, 0.2) is 48.1 Å². The van der Waals surface area contributed by atoms with Gasteiger partial charge < -0.3 is 9.30 Å². The second-order valence-corrected chi connectivity index (χ2v) is 7.59. The number of rotatable bonds is 7. The molecule has 1 N–H and O–H groups in total. The fraction of sp³-hybridized carbons (Fsp3) is 0.263. The minimum atomic E-state index is -0.635. The normalized spacial score (nSPS) is 10.8. The minimum Gasteiger partial charge on any atom is -0.393 e. The number of amides is 1. The molecule has 0 saturated carbocycles. The maximum absolute atomic E-state index is 12.2. The van der Waals surface area contributed by atoms with E-state index in [1.807, 2.05) is 12.3 Å². The molecule has 1 amide bonds. The molecule has 0 aliphatic heterocycles. The van der Waals surface area contributed by atoms with E-state index >= 15 is 0 Å². The molecule has 3 aromatic rings. The van der Waals surface area contributed by atoms with Gasteiger partial charge in [-0.05, 0) is 23.5 Å². The van der Waals surface area contributed by atoms with E-state index in [2.05, 4.69) is 24.1 Å². The van der Waals surface area contributed by atoms with Crippen molar-refractivity contribution in [1.82, 2.24) is 9.55 Å². The molecule has 0 fully saturated rings. The van der Waals surface area contributed by atoms with Crippen LogP contribution >= 0.6 is 11.3 Å². The highest BCUT2D eigenvalue weighted by Crippen LogP contribution is 2.23. The van der Waals surface area contributed by atoms with E-state index in [1.54, 1.807) is 28.3 Å². The van der Waals surface area contributed by atoms with Gasteiger partial charge in [-0.2, -0.15) is 0 Å². The highest BCUT2D eigenvalue weighted by atomic mass is 32.1. The second kappa shape index (κ2) is 8.66. The fourth-order valence-corrected chi connectivity index (χ4v) is 3.31. The van der Waals surface area contributed by atoms with E-state index in [-0.39, 0.29) is 5.69 Å². The number of nitrogens with zero attached hydrogens (tertiary/aromatic N) is 3. The molecule has 0 atom stereocenters. The van der Waals surface area contributed by atoms with Crippen LogP contribution in [0.1, 0.15) is 25.0 Å². The van der Waals surface area contributed by atoms with Crippen LogP contribution in [0.2, 0.25) is 0 Å². The van der Waals surface area contributed by atoms with E-state index in [0.29, 0.717) is 23.5 Å². The third kappa shape index (κ3) is 5.17. The Hall–Kier alpha value is -3.20. The van der Waals surface area contributed by atoms with Gasteiger partial charge in [0.2, 0.25) is 5.88 Å². The first-order valence-corrected chi connectivity index (χ1v) is 9.59. The number of ether oxygens (including phenoxy) is 1. The Kier molecular flexibility index (Phi) is 6.05. The van der Waals surface area contributed by atoms with Crippen LogP contribution in [-0.2, 0) is 13.0 Å². The minimum absolute atomic E-state index is 0.0241. The fourth-order valence-electron chi connectivity index (χ4n) is 2.80. The highest BCUT2D eigenvalue weighted by Gasteiger charge is 2.15. The van der Waals surface area contributed by atoms with Crippen molar-refractivity contribution in [1.29, 1.82) is 0 Å². The van der Waals surface area contributed by atoms with Crippen LogP contribution in [-0.4, -0.2) is 20.6 Å². The Balaban J connectivity index is 1.82. The van der Waals surface area contributed by atoms with E-state index in [4.69, 9.17) is 4.74 Å². The zero-order valence-corrected chi connectivity index (χ0v) is 16.3. The summed E-state index contributed by atoms with van der Waals surface area (Å²) in [5.74, 6) is 0.807. The number of aromatic nitrogens is 2. The molecule has 0 spiro atoms. The molecule has 146 valence electrons. The van der Waals surface area contributed by atoms with Crippen molar-refractivity contribution in [3.63, 3.8) is 0 Å². The second-order valence-electron chi connectivity index (χ2n) is 6.69. The van der Waals surface area contributed by atoms with Gasteiger partial charge in [0.25, 0.3) is 5.69 Å². The summed E-state index contributed by atoms with van der Waals surface area (Å²) < 4.78 is 7.25. The van der Waals surface area contributed by atoms with Gasteiger partial charge in [-0.25, -0.2) is 9.78 Å². The summed E-state index contributed by atoms with van der Waals surface area (Å²) in [6, 6.07) is 8.22. The summed E-state index contributed by atoms with van der Waals surface area (Å²) >= 11 is 1.29. The number of nitrogens with one attached hydrogen (secondary N) is 1. The lowest BCUT2D eigenvalue weighted by atomic mass is 10.1. The summed E-state index contributed by atoms with van der Waals surface area (Å²) in [7, 11) is 0. The summed E-state index contributed by atoms with van der Waals surface area (Å²) in [6.45, 7) is 4.56. The lowest BCUT2D eigenvalue weighted by molar-refractivity contribution is -0.384. The first-order valence-electron chi connectivity index (χ1n) is 8.71. The monoisotopic (exact) mass is 400 g/mol. The Morgan fingerprint density at radius 1 is 1.36 bits per heavy atom. The molecule has 0 aliphatic rings. The predicted octanol–water partition coefficient (Wildman–Crippen LogP) is 4.71. The molecule has 0 saturated heterocycles. The van der Waals surface area contributed by atoms with Crippen molar-refractivity contribution in [2.75, 3.05) is 5.32 Å². The van der Waals surface area contributed by atoms with Crippen LogP contribution in [0.5, 0.6) is 5.88 Å². The predicted molar refractivity (Wildman–Crippen MR) is 107 cm³/mol. The third-order valence-corrected chi connectivity index (χ3v) is 4.56. The number of hydrogen-bond acceptors (Lipinski definition) is 6. The molecule has 3 rings (SSSR count). The van der Waals surface area contributed by atoms with Crippen molar-refractivity contribution in [3.05, 3.63) is 69.3 Å². The summed E-state index contributed by atoms with van der Waals surface area (Å²) in [4.78, 5) is 26.8. The van der Waals surface area contributed by atoms with E-state index in [1.165, 1.54) is 23.5 Å². The van der Waals surface area contributed by atoms with E-state index in [0.717, 1.165) is 17.5 Å². The van der Waals surface area contributed by atoms with Gasteiger partial charge in [-0.3, -0.25) is 15.4 Å². The van der Waals surface area contributed by atoms with Crippen molar-refractivity contribution in [3.8, 4) is 5.88 Å². The molecule has 0 bridgehead atoms. The first kappa shape index (κ1) is 19.6. The third-order valence-electron chi connectivity index (χ3n) is 3.87. The van der Waals surface area contributed by atoms with Crippen molar-refractivity contribution in [2.45, 2.75) is 26.8 Å². The average molecular weight is 400 g/mol. The SMILES string of the molecule is CC(C)Cc1cc(OC(=O)Nc2nccs2)n(Cc2cccc([N+](=O)[O-])c2)c1. The Labute approximate surface area is 165 Å².